The van der Waals surface area contributed by atoms with E-state index in [2.05, 4.69) is 15.5 Å². The lowest BCUT2D eigenvalue weighted by Gasteiger charge is -2.08. The molecule has 0 fully saturated rings. The van der Waals surface area contributed by atoms with Gasteiger partial charge in [-0.3, -0.25) is 14.2 Å². The molecule has 31 heavy (non-hydrogen) atoms. The summed E-state index contributed by atoms with van der Waals surface area (Å²) in [4.78, 5) is 12.3. The van der Waals surface area contributed by atoms with E-state index in [0.29, 0.717) is 20.3 Å². The van der Waals surface area contributed by atoms with Crippen LogP contribution in [0.3, 0.4) is 0 Å². The van der Waals surface area contributed by atoms with Crippen molar-refractivity contribution in [2.24, 2.45) is 0 Å². The van der Waals surface area contributed by atoms with Gasteiger partial charge >= 0.3 is 0 Å². The van der Waals surface area contributed by atoms with E-state index >= 15 is 0 Å². The SMILES string of the molecule is O=C(Cn1nc(C(F)F)c(Cl)c1C(F)F)Nc1nn(Cc2c(Cl)cccc2Cl)cc1Cl. The van der Waals surface area contributed by atoms with Gasteiger partial charge in [0, 0.05) is 21.8 Å². The molecule has 0 atom stereocenters. The summed E-state index contributed by atoms with van der Waals surface area (Å²) in [5.74, 6) is -0.967. The van der Waals surface area contributed by atoms with Crippen LogP contribution in [0.15, 0.2) is 24.4 Å². The van der Waals surface area contributed by atoms with Crippen LogP contribution in [0.1, 0.15) is 29.8 Å². The molecule has 0 aliphatic heterocycles. The molecule has 1 amide bonds. The molecule has 0 saturated heterocycles. The Morgan fingerprint density at radius 2 is 1.65 bits per heavy atom. The van der Waals surface area contributed by atoms with Crippen LogP contribution in [0.2, 0.25) is 20.1 Å². The number of hydrogen-bond acceptors (Lipinski definition) is 3. The van der Waals surface area contributed by atoms with Crippen LogP contribution in [0.5, 0.6) is 0 Å². The van der Waals surface area contributed by atoms with Crippen LogP contribution in [0.25, 0.3) is 0 Å². The van der Waals surface area contributed by atoms with Crippen LogP contribution in [-0.2, 0) is 17.9 Å². The third kappa shape index (κ3) is 5.25. The van der Waals surface area contributed by atoms with E-state index in [4.69, 9.17) is 46.4 Å². The number of nitrogens with one attached hydrogen (secondary N) is 1. The van der Waals surface area contributed by atoms with Crippen molar-refractivity contribution >= 4 is 58.1 Å². The Morgan fingerprint density at radius 3 is 2.23 bits per heavy atom. The van der Waals surface area contributed by atoms with Gasteiger partial charge in [-0.2, -0.15) is 10.2 Å². The lowest BCUT2D eigenvalue weighted by molar-refractivity contribution is -0.117. The predicted octanol–water partition coefficient (Wildman–Crippen LogP) is 6.26. The largest absolute Gasteiger partial charge is 0.306 e. The van der Waals surface area contributed by atoms with Gasteiger partial charge in [0.2, 0.25) is 5.91 Å². The summed E-state index contributed by atoms with van der Waals surface area (Å²) in [6.07, 6.45) is -5.01. The van der Waals surface area contributed by atoms with Gasteiger partial charge in [0.05, 0.1) is 11.6 Å². The first kappa shape index (κ1) is 23.6. The summed E-state index contributed by atoms with van der Waals surface area (Å²) in [5.41, 5.74) is -1.46. The number of carbonyl (C=O) groups excluding carboxylic acids is 1. The average molecular weight is 519 g/mol. The van der Waals surface area contributed by atoms with Crippen LogP contribution in [0.4, 0.5) is 23.4 Å². The number of rotatable bonds is 7. The van der Waals surface area contributed by atoms with E-state index in [1.807, 2.05) is 0 Å². The fourth-order valence-electron chi connectivity index (χ4n) is 2.66. The molecule has 0 spiro atoms. The molecule has 3 aromatic rings. The van der Waals surface area contributed by atoms with Gasteiger partial charge < -0.3 is 5.32 Å². The highest BCUT2D eigenvalue weighted by atomic mass is 35.5. The van der Waals surface area contributed by atoms with Crippen molar-refractivity contribution in [1.82, 2.24) is 19.6 Å². The van der Waals surface area contributed by atoms with E-state index in [1.54, 1.807) is 18.2 Å². The third-order valence-electron chi connectivity index (χ3n) is 4.02. The maximum atomic E-state index is 13.2. The summed E-state index contributed by atoms with van der Waals surface area (Å²) >= 11 is 23.9. The Bertz CT molecular complexity index is 1100. The average Bonchev–Trinajstić information content (AvgIpc) is 3.17. The molecule has 0 bridgehead atoms. The van der Waals surface area contributed by atoms with Gasteiger partial charge in [-0.1, -0.05) is 52.5 Å². The van der Waals surface area contributed by atoms with Crippen molar-refractivity contribution < 1.29 is 22.4 Å². The number of hydrogen-bond donors (Lipinski definition) is 1. The van der Waals surface area contributed by atoms with Gasteiger partial charge in [-0.05, 0) is 12.1 Å². The lowest BCUT2D eigenvalue weighted by Crippen LogP contribution is -2.21. The van der Waals surface area contributed by atoms with E-state index in [9.17, 15) is 22.4 Å². The summed E-state index contributed by atoms with van der Waals surface area (Å²) < 4.78 is 54.0. The monoisotopic (exact) mass is 517 g/mol. The van der Waals surface area contributed by atoms with E-state index in [-0.39, 0.29) is 17.4 Å². The second-order valence-electron chi connectivity index (χ2n) is 6.12. The van der Waals surface area contributed by atoms with Gasteiger partial charge in [-0.15, -0.1) is 0 Å². The first-order valence-corrected chi connectivity index (χ1v) is 9.87. The highest BCUT2D eigenvalue weighted by Gasteiger charge is 2.29. The molecule has 6 nitrogen and oxygen atoms in total. The lowest BCUT2D eigenvalue weighted by atomic mass is 10.2. The number of carbonyl (C=O) groups is 1. The minimum absolute atomic E-state index is 0.0392. The molecule has 3 rings (SSSR count). The van der Waals surface area contributed by atoms with E-state index < -0.39 is 41.7 Å². The molecule has 1 aromatic carbocycles. The number of amides is 1. The molecule has 2 aromatic heterocycles. The number of alkyl halides is 4. The molecule has 0 radical (unpaired) electrons. The smallest absolute Gasteiger partial charge is 0.283 e. The topological polar surface area (TPSA) is 64.7 Å². The van der Waals surface area contributed by atoms with Crippen molar-refractivity contribution in [3.63, 3.8) is 0 Å². The first-order chi connectivity index (χ1) is 14.6. The quantitative estimate of drug-likeness (QED) is 0.376. The van der Waals surface area contributed by atoms with Gasteiger partial charge in [0.1, 0.15) is 23.0 Å². The number of anilines is 1. The fourth-order valence-corrected chi connectivity index (χ4v) is 3.67. The molecule has 2 heterocycles. The number of nitrogens with zero attached hydrogens (tertiary/aromatic N) is 4. The first-order valence-electron chi connectivity index (χ1n) is 8.36. The Labute approximate surface area is 192 Å². The summed E-state index contributed by atoms with van der Waals surface area (Å²) in [7, 11) is 0. The van der Waals surface area contributed by atoms with Crippen LogP contribution >= 0.6 is 46.4 Å². The third-order valence-corrected chi connectivity index (χ3v) is 5.39. The van der Waals surface area contributed by atoms with Crippen molar-refractivity contribution in [1.29, 1.82) is 0 Å². The van der Waals surface area contributed by atoms with Crippen molar-refractivity contribution in [3.05, 3.63) is 61.4 Å². The highest BCUT2D eigenvalue weighted by molar-refractivity contribution is 6.36. The van der Waals surface area contributed by atoms with Crippen molar-refractivity contribution in [2.45, 2.75) is 25.9 Å². The Kier molecular flexibility index (Phi) is 7.35. The van der Waals surface area contributed by atoms with Gasteiger partial charge in [0.25, 0.3) is 12.9 Å². The number of aromatic nitrogens is 4. The number of halogens is 8. The van der Waals surface area contributed by atoms with E-state index in [0.717, 1.165) is 0 Å². The molecule has 14 heteroatoms. The van der Waals surface area contributed by atoms with Gasteiger partial charge in [-0.25, -0.2) is 17.6 Å². The normalized spacial score (nSPS) is 11.5. The molecule has 166 valence electrons. The molecular weight excluding hydrogens is 508 g/mol. The van der Waals surface area contributed by atoms with Crippen molar-refractivity contribution in [2.75, 3.05) is 5.32 Å². The summed E-state index contributed by atoms with van der Waals surface area (Å²) in [5, 5.41) is 9.67. The molecule has 0 saturated carbocycles. The fraction of sp³-hybridized carbons (Fsp3) is 0.235. The zero-order valence-corrected chi connectivity index (χ0v) is 18.1. The maximum absolute atomic E-state index is 13.2. The maximum Gasteiger partial charge on any atom is 0.283 e. The molecule has 0 unspecified atom stereocenters. The number of benzene rings is 1. The summed E-state index contributed by atoms with van der Waals surface area (Å²) in [6.45, 7) is -0.679. The van der Waals surface area contributed by atoms with Gasteiger partial charge in [0.15, 0.2) is 5.82 Å². The second-order valence-corrected chi connectivity index (χ2v) is 7.71. The molecule has 1 N–H and O–H groups in total. The predicted molar refractivity (Wildman–Crippen MR) is 109 cm³/mol. The zero-order chi connectivity index (χ0) is 22.9. The molecular formula is C17H11Cl4F4N5O. The molecule has 0 aliphatic carbocycles. The standard InChI is InChI=1S/C17H11Cl4F4N5O/c18-8-2-1-3-9(19)7(8)4-29-5-10(20)17(28-29)26-11(31)6-30-14(16(24)25)12(21)13(27-30)15(22)23/h1-3,5,15-16H,4,6H2,(H,26,28,31). The Morgan fingerprint density at radius 1 is 1.00 bits per heavy atom. The minimum atomic E-state index is -3.22. The van der Waals surface area contributed by atoms with Crippen LogP contribution < -0.4 is 5.32 Å². The highest BCUT2D eigenvalue weighted by Crippen LogP contribution is 2.34. The Balaban J connectivity index is 1.77. The van der Waals surface area contributed by atoms with Crippen LogP contribution in [-0.4, -0.2) is 25.5 Å². The second kappa shape index (κ2) is 9.64. The van der Waals surface area contributed by atoms with Crippen LogP contribution in [0, 0.1) is 0 Å². The van der Waals surface area contributed by atoms with E-state index in [1.165, 1.54) is 10.9 Å². The minimum Gasteiger partial charge on any atom is -0.306 e. The Hall–Kier alpha value is -2.01. The summed E-state index contributed by atoms with van der Waals surface area (Å²) in [6, 6.07) is 4.95. The van der Waals surface area contributed by atoms with Crippen molar-refractivity contribution in [3.8, 4) is 0 Å². The zero-order valence-electron chi connectivity index (χ0n) is 15.1. The molecule has 0 aliphatic rings.